The summed E-state index contributed by atoms with van der Waals surface area (Å²) in [6.45, 7) is 2.23. The molecule has 0 atom stereocenters. The number of hydrogen-bond donors (Lipinski definition) is 0. The molecule has 2 heteroatoms. The number of halogens is 2. The first-order valence-corrected chi connectivity index (χ1v) is 10.9. The maximum absolute atomic E-state index is 14.2. The van der Waals surface area contributed by atoms with E-state index in [1.54, 1.807) is 0 Å². The lowest BCUT2D eigenvalue weighted by molar-refractivity contribution is 0.585. The Kier molecular flexibility index (Phi) is 6.57. The smallest absolute Gasteiger partial charge is 0.133 e. The molecule has 0 aliphatic carbocycles. The zero-order chi connectivity index (χ0) is 21.6. The Balaban J connectivity index is 1.53. The second-order valence-corrected chi connectivity index (χ2v) is 7.94. The van der Waals surface area contributed by atoms with Gasteiger partial charge in [0, 0.05) is 11.6 Å². The highest BCUT2D eigenvalue weighted by Gasteiger charge is 2.08. The zero-order valence-corrected chi connectivity index (χ0v) is 17.7. The first kappa shape index (κ1) is 21.0. The van der Waals surface area contributed by atoms with Gasteiger partial charge in [-0.3, -0.25) is 0 Å². The largest absolute Gasteiger partial charge is 0.207 e. The van der Waals surface area contributed by atoms with Crippen molar-refractivity contribution >= 4 is 0 Å². The number of rotatable bonds is 7. The number of hydrogen-bond acceptors (Lipinski definition) is 0. The highest BCUT2D eigenvalue weighted by molar-refractivity contribution is 5.75. The fourth-order valence-electron chi connectivity index (χ4n) is 3.89. The Bertz CT molecular complexity index is 1140. The van der Waals surface area contributed by atoms with Crippen molar-refractivity contribution < 1.29 is 8.78 Å². The molecule has 0 radical (unpaired) electrons. The van der Waals surface area contributed by atoms with Crippen LogP contribution in [0.1, 0.15) is 31.7 Å². The summed E-state index contributed by atoms with van der Waals surface area (Å²) in [5.41, 5.74) is 6.95. The maximum atomic E-state index is 14.2. The first-order valence-electron chi connectivity index (χ1n) is 10.9. The van der Waals surface area contributed by atoms with Crippen molar-refractivity contribution in [3.05, 3.63) is 108 Å². The fraction of sp³-hybridized carbons (Fsp3) is 0.172. The van der Waals surface area contributed by atoms with E-state index in [-0.39, 0.29) is 0 Å². The molecular weight excluding hydrogens is 386 g/mol. The van der Waals surface area contributed by atoms with E-state index in [0.29, 0.717) is 5.56 Å². The van der Waals surface area contributed by atoms with E-state index in [2.05, 4.69) is 55.5 Å². The van der Waals surface area contributed by atoms with Gasteiger partial charge in [0.25, 0.3) is 0 Å². The molecule has 0 saturated heterocycles. The third kappa shape index (κ3) is 5.08. The van der Waals surface area contributed by atoms with E-state index in [1.807, 2.05) is 24.3 Å². The molecule has 156 valence electrons. The molecule has 4 rings (SSSR count). The molecule has 0 aliphatic rings. The van der Waals surface area contributed by atoms with Crippen molar-refractivity contribution in [3.63, 3.8) is 0 Å². The van der Waals surface area contributed by atoms with E-state index in [9.17, 15) is 8.78 Å². The van der Waals surface area contributed by atoms with Gasteiger partial charge in [0.05, 0.1) is 0 Å². The van der Waals surface area contributed by atoms with Gasteiger partial charge in [-0.1, -0.05) is 86.5 Å². The van der Waals surface area contributed by atoms with Crippen LogP contribution in [0.5, 0.6) is 0 Å². The van der Waals surface area contributed by atoms with Gasteiger partial charge >= 0.3 is 0 Å². The van der Waals surface area contributed by atoms with E-state index >= 15 is 0 Å². The van der Waals surface area contributed by atoms with Crippen molar-refractivity contribution in [2.75, 3.05) is 0 Å². The van der Waals surface area contributed by atoms with E-state index in [0.717, 1.165) is 29.2 Å². The minimum absolute atomic E-state index is 0.402. The Morgan fingerprint density at radius 1 is 0.581 bits per heavy atom. The predicted octanol–water partition coefficient (Wildman–Crippen LogP) is 8.70. The van der Waals surface area contributed by atoms with E-state index < -0.39 is 11.6 Å². The Morgan fingerprint density at radius 3 is 1.84 bits per heavy atom. The van der Waals surface area contributed by atoms with Crippen LogP contribution in [-0.2, 0) is 6.42 Å². The highest BCUT2D eigenvalue weighted by Crippen LogP contribution is 2.30. The summed E-state index contributed by atoms with van der Waals surface area (Å²) >= 11 is 0. The molecule has 0 heterocycles. The van der Waals surface area contributed by atoms with Gasteiger partial charge in [-0.25, -0.2) is 8.78 Å². The molecule has 0 N–H and O–H groups in total. The summed E-state index contributed by atoms with van der Waals surface area (Å²) in [6.07, 6.45) is 4.90. The van der Waals surface area contributed by atoms with Crippen molar-refractivity contribution in [1.29, 1.82) is 0 Å². The molecule has 0 amide bonds. The van der Waals surface area contributed by atoms with E-state index in [1.165, 1.54) is 48.1 Å². The third-order valence-corrected chi connectivity index (χ3v) is 5.68. The lowest BCUT2D eigenvalue weighted by Crippen LogP contribution is -1.88. The molecule has 0 nitrogen and oxygen atoms in total. The lowest BCUT2D eigenvalue weighted by Gasteiger charge is -2.09. The molecule has 0 bridgehead atoms. The SMILES string of the molecule is CCCCCc1ccc(-c2ccc(-c3cccc(-c4ccc(F)cc4F)c3)cc2)cc1. The molecule has 0 spiro atoms. The van der Waals surface area contributed by atoms with Gasteiger partial charge in [-0.2, -0.15) is 0 Å². The van der Waals surface area contributed by atoms with Gasteiger partial charge in [0.2, 0.25) is 0 Å². The van der Waals surface area contributed by atoms with Crippen LogP contribution in [0.15, 0.2) is 91.0 Å². The van der Waals surface area contributed by atoms with Crippen molar-refractivity contribution in [2.45, 2.75) is 32.6 Å². The molecule has 0 aliphatic heterocycles. The van der Waals surface area contributed by atoms with Crippen LogP contribution in [-0.4, -0.2) is 0 Å². The Hall–Kier alpha value is -3.26. The van der Waals surface area contributed by atoms with Crippen LogP contribution in [0.4, 0.5) is 8.78 Å². The van der Waals surface area contributed by atoms with Crippen LogP contribution in [0.3, 0.4) is 0 Å². The predicted molar refractivity (Wildman–Crippen MR) is 126 cm³/mol. The van der Waals surface area contributed by atoms with Crippen molar-refractivity contribution in [1.82, 2.24) is 0 Å². The average Bonchev–Trinajstić information content (AvgIpc) is 2.80. The second kappa shape index (κ2) is 9.70. The van der Waals surface area contributed by atoms with Crippen LogP contribution >= 0.6 is 0 Å². The van der Waals surface area contributed by atoms with Gasteiger partial charge in [-0.15, -0.1) is 0 Å². The minimum Gasteiger partial charge on any atom is -0.207 e. The fourth-order valence-corrected chi connectivity index (χ4v) is 3.89. The topological polar surface area (TPSA) is 0 Å². The summed E-state index contributed by atoms with van der Waals surface area (Å²) < 4.78 is 27.4. The monoisotopic (exact) mass is 412 g/mol. The van der Waals surface area contributed by atoms with Crippen LogP contribution in [0, 0.1) is 11.6 Å². The van der Waals surface area contributed by atoms with Crippen LogP contribution in [0.25, 0.3) is 33.4 Å². The Morgan fingerprint density at radius 2 is 1.19 bits per heavy atom. The second-order valence-electron chi connectivity index (χ2n) is 7.94. The summed E-state index contributed by atoms with van der Waals surface area (Å²) in [5.74, 6) is -1.12. The zero-order valence-electron chi connectivity index (χ0n) is 17.7. The summed E-state index contributed by atoms with van der Waals surface area (Å²) in [7, 11) is 0. The quantitative estimate of drug-likeness (QED) is 0.266. The molecule has 4 aromatic rings. The molecule has 4 aromatic carbocycles. The normalized spacial score (nSPS) is 10.9. The number of unbranched alkanes of at least 4 members (excludes halogenated alkanes) is 2. The van der Waals surface area contributed by atoms with Crippen LogP contribution in [0.2, 0.25) is 0 Å². The highest BCUT2D eigenvalue weighted by atomic mass is 19.1. The van der Waals surface area contributed by atoms with Crippen molar-refractivity contribution in [3.8, 4) is 33.4 Å². The summed E-state index contributed by atoms with van der Waals surface area (Å²) in [5, 5.41) is 0. The molecule has 0 saturated carbocycles. The molecule has 0 aromatic heterocycles. The van der Waals surface area contributed by atoms with Crippen molar-refractivity contribution in [2.24, 2.45) is 0 Å². The molecular formula is C29H26F2. The van der Waals surface area contributed by atoms with Gasteiger partial charge in [0.1, 0.15) is 11.6 Å². The third-order valence-electron chi connectivity index (χ3n) is 5.68. The molecule has 31 heavy (non-hydrogen) atoms. The molecule has 0 unspecified atom stereocenters. The van der Waals surface area contributed by atoms with Crippen LogP contribution < -0.4 is 0 Å². The maximum Gasteiger partial charge on any atom is 0.133 e. The van der Waals surface area contributed by atoms with Gasteiger partial charge in [-0.05, 0) is 64.4 Å². The standard InChI is InChI=1S/C29H26F2/c1-2-3-4-6-21-9-11-22(12-10-21)23-13-15-24(16-14-23)25-7-5-8-26(19-25)28-18-17-27(30)20-29(28)31/h5,7-20H,2-4,6H2,1H3. The summed E-state index contributed by atoms with van der Waals surface area (Å²) in [6, 6.07) is 28.6. The number of aryl methyl sites for hydroxylation is 1. The lowest BCUT2D eigenvalue weighted by atomic mass is 9.96. The van der Waals surface area contributed by atoms with Gasteiger partial charge in [0.15, 0.2) is 0 Å². The summed E-state index contributed by atoms with van der Waals surface area (Å²) in [4.78, 5) is 0. The minimum atomic E-state index is -0.568. The van der Waals surface area contributed by atoms with E-state index in [4.69, 9.17) is 0 Å². The Labute approximate surface area is 183 Å². The molecule has 0 fully saturated rings. The van der Waals surface area contributed by atoms with Gasteiger partial charge < -0.3 is 0 Å². The average molecular weight is 413 g/mol. The number of benzene rings is 4. The first-order chi connectivity index (χ1) is 15.1.